The zero-order chi connectivity index (χ0) is 19.6. The molecule has 0 amide bonds. The maximum atomic E-state index is 12.9. The third-order valence-electron chi connectivity index (χ3n) is 5.68. The first-order valence-electron chi connectivity index (χ1n) is 9.40. The number of carboxylic acids is 1. The summed E-state index contributed by atoms with van der Waals surface area (Å²) < 4.78 is 28.9. The van der Waals surface area contributed by atoms with Crippen LogP contribution in [0.25, 0.3) is 0 Å². The summed E-state index contributed by atoms with van der Waals surface area (Å²) in [5, 5.41) is 9.17. The first-order chi connectivity index (χ1) is 12.8. The molecule has 0 aliphatic carbocycles. The van der Waals surface area contributed by atoms with Gasteiger partial charge in [-0.05, 0) is 25.8 Å². The Kier molecular flexibility index (Phi) is 6.19. The second-order valence-corrected chi connectivity index (χ2v) is 9.51. The van der Waals surface area contributed by atoms with Gasteiger partial charge in [0.25, 0.3) is 10.0 Å². The van der Waals surface area contributed by atoms with Crippen LogP contribution >= 0.6 is 0 Å². The fourth-order valence-electron chi connectivity index (χ4n) is 4.09. The Hall–Kier alpha value is -1.49. The number of sulfonamides is 1. The molecule has 1 aromatic rings. The molecular weight excluding hydrogens is 370 g/mol. The minimum Gasteiger partial charge on any atom is -0.481 e. The molecule has 0 unspecified atom stereocenters. The number of nitrogens with zero attached hydrogens (tertiary/aromatic N) is 5. The van der Waals surface area contributed by atoms with Crippen LogP contribution in [0.1, 0.15) is 19.3 Å². The average molecular weight is 400 g/mol. The quantitative estimate of drug-likeness (QED) is 0.714. The lowest BCUT2D eigenvalue weighted by Gasteiger charge is -2.45. The molecule has 0 spiro atoms. The molecule has 2 fully saturated rings. The van der Waals surface area contributed by atoms with E-state index in [4.69, 9.17) is 5.11 Å². The van der Waals surface area contributed by atoms with E-state index in [2.05, 4.69) is 21.8 Å². The molecular formula is C17H29N5O4S. The summed E-state index contributed by atoms with van der Waals surface area (Å²) in [5.41, 5.74) is 0. The van der Waals surface area contributed by atoms with E-state index in [-0.39, 0.29) is 23.4 Å². The van der Waals surface area contributed by atoms with Gasteiger partial charge in [-0.15, -0.1) is 0 Å². The molecule has 0 radical (unpaired) electrons. The summed E-state index contributed by atoms with van der Waals surface area (Å²) in [6.07, 6.45) is 4.26. The second kappa shape index (κ2) is 8.26. The molecule has 1 aromatic heterocycles. The largest absolute Gasteiger partial charge is 0.481 e. The summed E-state index contributed by atoms with van der Waals surface area (Å²) in [7, 11) is 0.188. The predicted molar refractivity (Wildman–Crippen MR) is 99.8 cm³/mol. The maximum Gasteiger partial charge on any atom is 0.303 e. The van der Waals surface area contributed by atoms with Gasteiger partial charge in [-0.25, -0.2) is 13.4 Å². The molecule has 3 heterocycles. The number of carbonyl (C=O) groups is 1. The number of imidazole rings is 1. The number of carboxylic acid groups (broad SMARTS) is 1. The van der Waals surface area contributed by atoms with Crippen molar-refractivity contribution >= 4 is 16.0 Å². The molecule has 152 valence electrons. The number of hydrogen-bond acceptors (Lipinski definition) is 6. The predicted octanol–water partition coefficient (Wildman–Crippen LogP) is -0.0885. The van der Waals surface area contributed by atoms with Gasteiger partial charge < -0.3 is 14.6 Å². The zero-order valence-corrected chi connectivity index (χ0v) is 16.8. The number of hydrogen-bond donors (Lipinski definition) is 1. The van der Waals surface area contributed by atoms with Gasteiger partial charge >= 0.3 is 5.97 Å². The first-order valence-corrected chi connectivity index (χ1v) is 10.8. The molecule has 2 atom stereocenters. The molecule has 27 heavy (non-hydrogen) atoms. The zero-order valence-electron chi connectivity index (χ0n) is 16.0. The monoisotopic (exact) mass is 399 g/mol. The minimum absolute atomic E-state index is 0.0109. The van der Waals surface area contributed by atoms with E-state index >= 15 is 0 Å². The van der Waals surface area contributed by atoms with Crippen LogP contribution in [0.3, 0.4) is 0 Å². The van der Waals surface area contributed by atoms with Crippen molar-refractivity contribution < 1.29 is 18.3 Å². The molecule has 2 saturated heterocycles. The standard InChI is InChI=1S/C17H29N5O4S/c1-19-7-9-21(10-8-19)15-5-6-22(11-14(15)3-4-17(23)24)27(25,26)16-12-20(2)13-18-16/h12-15H,3-11H2,1-2H3,(H,23,24)/t14-,15+/m1/s1. The number of rotatable bonds is 6. The van der Waals surface area contributed by atoms with Crippen LogP contribution in [0.4, 0.5) is 0 Å². The van der Waals surface area contributed by atoms with E-state index < -0.39 is 16.0 Å². The smallest absolute Gasteiger partial charge is 0.303 e. The summed E-state index contributed by atoms with van der Waals surface area (Å²) in [6.45, 7) is 4.65. The first kappa shape index (κ1) is 20.2. The van der Waals surface area contributed by atoms with Crippen LogP contribution in [0.2, 0.25) is 0 Å². The number of piperidine rings is 1. The Bertz CT molecular complexity index is 757. The van der Waals surface area contributed by atoms with Gasteiger partial charge in [0.05, 0.1) is 6.33 Å². The molecule has 10 heteroatoms. The lowest BCUT2D eigenvalue weighted by Crippen LogP contribution is -2.56. The van der Waals surface area contributed by atoms with Crippen molar-refractivity contribution in [3.63, 3.8) is 0 Å². The molecule has 2 aliphatic rings. The van der Waals surface area contributed by atoms with Crippen molar-refractivity contribution in [2.45, 2.75) is 30.3 Å². The van der Waals surface area contributed by atoms with Crippen molar-refractivity contribution in [3.05, 3.63) is 12.5 Å². The summed E-state index contributed by atoms with van der Waals surface area (Å²) >= 11 is 0. The molecule has 0 aromatic carbocycles. The van der Waals surface area contributed by atoms with Crippen LogP contribution < -0.4 is 0 Å². The summed E-state index contributed by atoms with van der Waals surface area (Å²) in [6, 6.07) is 0.230. The van der Waals surface area contributed by atoms with Gasteiger partial charge in [0.2, 0.25) is 0 Å². The Labute approximate surface area is 160 Å². The molecule has 2 aliphatic heterocycles. The van der Waals surface area contributed by atoms with Crippen LogP contribution in [0.15, 0.2) is 17.6 Å². The van der Waals surface area contributed by atoms with Gasteiger partial charge in [0.1, 0.15) is 0 Å². The normalized spacial score (nSPS) is 26.3. The summed E-state index contributed by atoms with van der Waals surface area (Å²) in [5.74, 6) is -0.825. The lowest BCUT2D eigenvalue weighted by atomic mass is 9.87. The average Bonchev–Trinajstić information content (AvgIpc) is 3.08. The van der Waals surface area contributed by atoms with Crippen LogP contribution in [-0.2, 0) is 21.9 Å². The number of aryl methyl sites for hydroxylation is 1. The number of aliphatic carboxylic acids is 1. The lowest BCUT2D eigenvalue weighted by molar-refractivity contribution is -0.137. The van der Waals surface area contributed by atoms with Gasteiger partial charge in [0, 0.05) is 65.0 Å². The van der Waals surface area contributed by atoms with E-state index in [1.165, 1.54) is 16.8 Å². The highest BCUT2D eigenvalue weighted by Crippen LogP contribution is 2.30. The highest BCUT2D eigenvalue weighted by molar-refractivity contribution is 7.89. The SMILES string of the molecule is CN1CCN([C@H]2CCN(S(=O)(=O)c3cn(C)cn3)C[C@H]2CCC(=O)O)CC1. The Morgan fingerprint density at radius 1 is 1.22 bits per heavy atom. The van der Waals surface area contributed by atoms with Crippen LogP contribution in [0.5, 0.6) is 0 Å². The van der Waals surface area contributed by atoms with Crippen molar-refractivity contribution in [2.75, 3.05) is 46.3 Å². The topological polar surface area (TPSA) is 99.0 Å². The Morgan fingerprint density at radius 2 is 1.93 bits per heavy atom. The van der Waals surface area contributed by atoms with E-state index in [1.807, 2.05) is 0 Å². The molecule has 0 bridgehead atoms. The van der Waals surface area contributed by atoms with Crippen molar-refractivity contribution in [1.29, 1.82) is 0 Å². The van der Waals surface area contributed by atoms with Crippen LogP contribution in [0, 0.1) is 5.92 Å². The molecule has 1 N–H and O–H groups in total. The van der Waals surface area contributed by atoms with Gasteiger partial charge in [0.15, 0.2) is 5.03 Å². The van der Waals surface area contributed by atoms with Gasteiger partial charge in [-0.2, -0.15) is 4.31 Å². The second-order valence-electron chi connectivity index (χ2n) is 7.63. The van der Waals surface area contributed by atoms with Gasteiger partial charge in [-0.3, -0.25) is 9.69 Å². The Balaban J connectivity index is 1.75. The fourth-order valence-corrected chi connectivity index (χ4v) is 5.56. The van der Waals surface area contributed by atoms with E-state index in [0.717, 1.165) is 32.6 Å². The van der Waals surface area contributed by atoms with Crippen molar-refractivity contribution in [2.24, 2.45) is 13.0 Å². The third-order valence-corrected chi connectivity index (χ3v) is 7.43. The maximum absolute atomic E-state index is 12.9. The van der Waals surface area contributed by atoms with Crippen LogP contribution in [-0.4, -0.2) is 95.5 Å². The summed E-state index contributed by atoms with van der Waals surface area (Å²) in [4.78, 5) is 19.8. The van der Waals surface area contributed by atoms with E-state index in [9.17, 15) is 13.2 Å². The number of aromatic nitrogens is 2. The third kappa shape index (κ3) is 4.68. The number of likely N-dealkylation sites (N-methyl/N-ethyl adjacent to an activating group) is 1. The molecule has 3 rings (SSSR count). The molecule has 0 saturated carbocycles. The fraction of sp³-hybridized carbons (Fsp3) is 0.765. The Morgan fingerprint density at radius 3 is 2.52 bits per heavy atom. The highest BCUT2D eigenvalue weighted by atomic mass is 32.2. The van der Waals surface area contributed by atoms with Gasteiger partial charge in [-0.1, -0.05) is 0 Å². The van der Waals surface area contributed by atoms with E-state index in [0.29, 0.717) is 19.5 Å². The number of piperazine rings is 1. The highest BCUT2D eigenvalue weighted by Gasteiger charge is 2.39. The molecule has 9 nitrogen and oxygen atoms in total. The van der Waals surface area contributed by atoms with Crippen molar-refractivity contribution in [1.82, 2.24) is 23.7 Å². The van der Waals surface area contributed by atoms with Crippen molar-refractivity contribution in [3.8, 4) is 0 Å². The minimum atomic E-state index is -3.65. The van der Waals surface area contributed by atoms with E-state index in [1.54, 1.807) is 11.6 Å².